The molecule has 5 heteroatoms. The molecule has 2 aromatic carbocycles. The molecule has 0 unspecified atom stereocenters. The molecule has 0 radical (unpaired) electrons. The van der Waals surface area contributed by atoms with Gasteiger partial charge in [0.1, 0.15) is 0 Å². The van der Waals surface area contributed by atoms with Crippen molar-refractivity contribution in [3.8, 4) is 0 Å². The van der Waals surface area contributed by atoms with Gasteiger partial charge in [0.15, 0.2) is 0 Å². The minimum absolute atomic E-state index is 0.115. The predicted octanol–water partition coefficient (Wildman–Crippen LogP) is 3.86. The van der Waals surface area contributed by atoms with Gasteiger partial charge in [-0.2, -0.15) is 0 Å². The van der Waals surface area contributed by atoms with E-state index in [0.29, 0.717) is 12.0 Å². The van der Waals surface area contributed by atoms with Gasteiger partial charge >= 0.3 is 0 Å². The number of benzene rings is 2. The Morgan fingerprint density at radius 2 is 1.91 bits per heavy atom. The van der Waals surface area contributed by atoms with Crippen LogP contribution in [0, 0.1) is 0 Å². The number of H-pyrrole nitrogens is 1. The van der Waals surface area contributed by atoms with E-state index >= 15 is 0 Å². The summed E-state index contributed by atoms with van der Waals surface area (Å²) in [5.41, 5.74) is 2.02. The monoisotopic (exact) mass is 370 g/mol. The van der Waals surface area contributed by atoms with Crippen LogP contribution in [0.4, 0.5) is 5.69 Å². The number of hydrogen-bond donors (Lipinski definition) is 2. The van der Waals surface area contributed by atoms with Crippen LogP contribution < -0.4 is 10.9 Å². The first-order valence-electron chi connectivity index (χ1n) is 7.28. The highest BCUT2D eigenvalue weighted by Gasteiger charge is 2.07. The van der Waals surface area contributed by atoms with Gasteiger partial charge in [0.25, 0.3) is 5.56 Å². The molecule has 0 bridgehead atoms. The Hall–Kier alpha value is -2.40. The van der Waals surface area contributed by atoms with Crippen molar-refractivity contribution in [3.05, 3.63) is 75.0 Å². The van der Waals surface area contributed by atoms with Crippen LogP contribution >= 0.6 is 15.9 Å². The van der Waals surface area contributed by atoms with E-state index in [-0.39, 0.29) is 17.9 Å². The van der Waals surface area contributed by atoms with Crippen molar-refractivity contribution in [3.63, 3.8) is 0 Å². The average Bonchev–Trinajstić information content (AvgIpc) is 2.53. The third-order valence-electron chi connectivity index (χ3n) is 3.56. The second kappa shape index (κ2) is 6.79. The lowest BCUT2D eigenvalue weighted by Gasteiger charge is -2.06. The third-order valence-corrected chi connectivity index (χ3v) is 4.05. The molecule has 1 heterocycles. The molecule has 0 atom stereocenters. The fourth-order valence-electron chi connectivity index (χ4n) is 2.42. The second-order valence-corrected chi connectivity index (χ2v) is 6.19. The lowest BCUT2D eigenvalue weighted by atomic mass is 10.1. The summed E-state index contributed by atoms with van der Waals surface area (Å²) in [5, 5.41) is 3.80. The fourth-order valence-corrected chi connectivity index (χ4v) is 2.82. The maximum absolute atomic E-state index is 12.1. The van der Waals surface area contributed by atoms with E-state index in [1.807, 2.05) is 54.6 Å². The molecule has 1 aromatic heterocycles. The number of nitrogens with one attached hydrogen (secondary N) is 2. The highest BCUT2D eigenvalue weighted by atomic mass is 79.9. The van der Waals surface area contributed by atoms with Crippen LogP contribution in [0.3, 0.4) is 0 Å². The molecule has 23 heavy (non-hydrogen) atoms. The number of rotatable bonds is 4. The molecule has 0 saturated carbocycles. The summed E-state index contributed by atoms with van der Waals surface area (Å²) in [6, 6.07) is 16.9. The molecule has 3 rings (SSSR count). The number of pyridine rings is 1. The summed E-state index contributed by atoms with van der Waals surface area (Å²) < 4.78 is 0.904. The molecule has 0 aliphatic heterocycles. The van der Waals surface area contributed by atoms with E-state index < -0.39 is 0 Å². The zero-order valence-electron chi connectivity index (χ0n) is 12.3. The van der Waals surface area contributed by atoms with Crippen LogP contribution in [0.2, 0.25) is 0 Å². The highest BCUT2D eigenvalue weighted by molar-refractivity contribution is 9.10. The van der Waals surface area contributed by atoms with Crippen molar-refractivity contribution in [1.29, 1.82) is 0 Å². The van der Waals surface area contributed by atoms with Gasteiger partial charge in [-0.1, -0.05) is 40.2 Å². The maximum atomic E-state index is 12.1. The van der Waals surface area contributed by atoms with Crippen molar-refractivity contribution in [2.75, 3.05) is 5.32 Å². The third kappa shape index (κ3) is 3.87. The number of fused-ring (bicyclic) bond motifs is 1. The topological polar surface area (TPSA) is 62.0 Å². The first-order chi connectivity index (χ1) is 11.1. The quantitative estimate of drug-likeness (QED) is 0.732. The lowest BCUT2D eigenvalue weighted by Crippen LogP contribution is -2.17. The molecule has 0 fully saturated rings. The van der Waals surface area contributed by atoms with Crippen LogP contribution in [0.15, 0.2) is 63.9 Å². The van der Waals surface area contributed by atoms with Gasteiger partial charge in [-0.25, -0.2) is 0 Å². The van der Waals surface area contributed by atoms with Crippen LogP contribution in [-0.2, 0) is 11.2 Å². The largest absolute Gasteiger partial charge is 0.326 e. The van der Waals surface area contributed by atoms with Crippen molar-refractivity contribution in [1.82, 2.24) is 4.98 Å². The van der Waals surface area contributed by atoms with Crippen molar-refractivity contribution >= 4 is 38.4 Å². The Labute approximate surface area is 141 Å². The maximum Gasteiger partial charge on any atom is 0.251 e. The minimum Gasteiger partial charge on any atom is -0.326 e. The molecule has 0 spiro atoms. The Kier molecular flexibility index (Phi) is 4.57. The first-order valence-corrected chi connectivity index (χ1v) is 8.07. The Morgan fingerprint density at radius 1 is 1.09 bits per heavy atom. The summed E-state index contributed by atoms with van der Waals surface area (Å²) in [6.45, 7) is 0. The number of hydrogen-bond acceptors (Lipinski definition) is 2. The Bertz CT molecular complexity index is 918. The predicted molar refractivity (Wildman–Crippen MR) is 95.7 cm³/mol. The minimum atomic E-state index is -0.140. The van der Waals surface area contributed by atoms with E-state index in [1.54, 1.807) is 0 Å². The number of aryl methyl sites for hydroxylation is 1. The fraction of sp³-hybridized carbons (Fsp3) is 0.111. The molecule has 4 nitrogen and oxygen atoms in total. The van der Waals surface area contributed by atoms with Gasteiger partial charge in [-0.05, 0) is 42.1 Å². The lowest BCUT2D eigenvalue weighted by molar-refractivity contribution is -0.116. The second-order valence-electron chi connectivity index (χ2n) is 5.27. The molecule has 3 aromatic rings. The van der Waals surface area contributed by atoms with Gasteiger partial charge < -0.3 is 10.3 Å². The molecular weight excluding hydrogens is 356 g/mol. The van der Waals surface area contributed by atoms with Gasteiger partial charge in [0.05, 0.1) is 0 Å². The Balaban J connectivity index is 1.69. The van der Waals surface area contributed by atoms with Crippen LogP contribution in [0.5, 0.6) is 0 Å². The average molecular weight is 371 g/mol. The summed E-state index contributed by atoms with van der Waals surface area (Å²) in [7, 11) is 0. The van der Waals surface area contributed by atoms with Crippen LogP contribution in [-0.4, -0.2) is 10.9 Å². The van der Waals surface area contributed by atoms with E-state index in [1.165, 1.54) is 0 Å². The zero-order chi connectivity index (χ0) is 16.2. The van der Waals surface area contributed by atoms with Gasteiger partial charge in [-0.15, -0.1) is 0 Å². The van der Waals surface area contributed by atoms with Gasteiger partial charge in [0.2, 0.25) is 5.91 Å². The standard InChI is InChI=1S/C18H15BrN2O2/c19-14-5-3-6-15(11-14)20-17(22)9-8-13-10-12-4-1-2-7-16(12)21-18(13)23/h1-7,10-11H,8-9H2,(H,20,22)(H,21,23). The van der Waals surface area contributed by atoms with Crippen LogP contribution in [0.25, 0.3) is 10.9 Å². The number of carbonyl (C=O) groups excluding carboxylic acids is 1. The zero-order valence-corrected chi connectivity index (χ0v) is 13.9. The molecule has 0 saturated heterocycles. The number of halogens is 1. The number of anilines is 1. The molecule has 0 aliphatic carbocycles. The van der Waals surface area contributed by atoms with Crippen LogP contribution in [0.1, 0.15) is 12.0 Å². The van der Waals surface area contributed by atoms with E-state index in [9.17, 15) is 9.59 Å². The molecular formula is C18H15BrN2O2. The highest BCUT2D eigenvalue weighted by Crippen LogP contribution is 2.16. The summed E-state index contributed by atoms with van der Waals surface area (Å²) in [4.78, 5) is 26.9. The SMILES string of the molecule is O=C(CCc1cc2ccccc2[nH]c1=O)Nc1cccc(Br)c1. The molecule has 1 amide bonds. The van der Waals surface area contributed by atoms with E-state index in [4.69, 9.17) is 0 Å². The van der Waals surface area contributed by atoms with Crippen molar-refractivity contribution in [2.24, 2.45) is 0 Å². The number of para-hydroxylation sites is 1. The normalized spacial score (nSPS) is 10.7. The van der Waals surface area contributed by atoms with Gasteiger partial charge in [0, 0.05) is 27.7 Å². The summed E-state index contributed by atoms with van der Waals surface area (Å²) >= 11 is 3.36. The number of aromatic nitrogens is 1. The smallest absolute Gasteiger partial charge is 0.251 e. The van der Waals surface area contributed by atoms with E-state index in [0.717, 1.165) is 21.1 Å². The summed E-state index contributed by atoms with van der Waals surface area (Å²) in [5.74, 6) is -0.115. The number of carbonyl (C=O) groups is 1. The molecule has 2 N–H and O–H groups in total. The van der Waals surface area contributed by atoms with Crippen molar-refractivity contribution in [2.45, 2.75) is 12.8 Å². The Morgan fingerprint density at radius 3 is 2.74 bits per heavy atom. The molecule has 0 aliphatic rings. The number of aromatic amines is 1. The van der Waals surface area contributed by atoms with Gasteiger partial charge in [-0.3, -0.25) is 9.59 Å². The first kappa shape index (κ1) is 15.5. The summed E-state index contributed by atoms with van der Waals surface area (Å²) in [6.07, 6.45) is 0.661. The molecule has 116 valence electrons. The van der Waals surface area contributed by atoms with E-state index in [2.05, 4.69) is 26.2 Å². The number of amides is 1. The van der Waals surface area contributed by atoms with Crippen molar-refractivity contribution < 1.29 is 4.79 Å².